The summed E-state index contributed by atoms with van der Waals surface area (Å²) in [5.74, 6) is 1.45. The van der Waals surface area contributed by atoms with Crippen LogP contribution in [-0.4, -0.2) is 132 Å². The molecule has 0 unspecified atom stereocenters. The van der Waals surface area contributed by atoms with Crippen LogP contribution in [0.4, 0.5) is 4.39 Å². The molecule has 4 aliphatic heterocycles. The van der Waals surface area contributed by atoms with Crippen LogP contribution in [0.3, 0.4) is 0 Å². The molecular formula is C57H59Cl2FN6O9S. The van der Waals surface area contributed by atoms with Gasteiger partial charge in [-0.2, -0.15) is 0 Å². The van der Waals surface area contributed by atoms with Crippen LogP contribution in [0.25, 0.3) is 43.0 Å². The van der Waals surface area contributed by atoms with E-state index in [1.165, 1.54) is 29.8 Å². The molecule has 7 heterocycles. The number of benzene rings is 4. The van der Waals surface area contributed by atoms with Gasteiger partial charge in [0.05, 0.1) is 40.9 Å². The van der Waals surface area contributed by atoms with Gasteiger partial charge in [0.1, 0.15) is 71.9 Å². The Bertz CT molecular complexity index is 3170. The van der Waals surface area contributed by atoms with Gasteiger partial charge >= 0.3 is 5.97 Å². The first-order chi connectivity index (χ1) is 36.6. The molecular weight excluding hydrogens is 1030 g/mol. The van der Waals surface area contributed by atoms with Crippen LogP contribution in [0.5, 0.6) is 28.9 Å². The molecule has 0 amide bonds. The molecule has 76 heavy (non-hydrogen) atoms. The summed E-state index contributed by atoms with van der Waals surface area (Å²) in [5.41, 5.74) is 4.63. The van der Waals surface area contributed by atoms with E-state index in [-0.39, 0.29) is 37.4 Å². The molecule has 0 radical (unpaired) electrons. The highest BCUT2D eigenvalue weighted by atomic mass is 35.5. The fourth-order valence-corrected chi connectivity index (χ4v) is 11.1. The zero-order valence-corrected chi connectivity index (χ0v) is 45.5. The molecule has 0 spiro atoms. The second-order valence-electron chi connectivity index (χ2n) is 20.1. The van der Waals surface area contributed by atoms with Crippen LogP contribution in [0.2, 0.25) is 10.0 Å². The van der Waals surface area contributed by atoms with Crippen molar-refractivity contribution in [3.8, 4) is 61.7 Å². The number of aromatic nitrogens is 4. The molecule has 4 aromatic carbocycles. The average molecular weight is 1090 g/mol. The molecule has 0 N–H and O–H groups in total. The highest BCUT2D eigenvalue weighted by Gasteiger charge is 2.34. The van der Waals surface area contributed by atoms with Crippen molar-refractivity contribution >= 4 is 50.7 Å². The predicted molar refractivity (Wildman–Crippen MR) is 290 cm³/mol. The largest absolute Gasteiger partial charge is 0.491 e. The SMILES string of the molecule is Cc1c(Cl)c2c(Cl)c(C)c1-c1c(-c3ccc(F)cc3)sc3ncnc(c13)O[C@@H](C(=O)OC(C)(C)C)Cc1cc(ccc1OCc1nccc(-c3ccc(OC[C@H]4COCCO4)cc3)n1)OC[C@@H](CN1CCN(C)CC1)O2. The number of thiophene rings is 1. The lowest BCUT2D eigenvalue weighted by Crippen LogP contribution is -2.49. The molecule has 11 rings (SSSR count). The fraction of sp³-hybridized carbons (Fsp3) is 0.386. The molecule has 2 fully saturated rings. The summed E-state index contributed by atoms with van der Waals surface area (Å²) in [6.45, 7) is 15.3. The molecule has 4 bridgehead atoms. The average Bonchev–Trinajstić information content (AvgIpc) is 3.84. The number of esters is 1. The highest BCUT2D eigenvalue weighted by molar-refractivity contribution is 7.22. The van der Waals surface area contributed by atoms with E-state index in [1.807, 2.05) is 56.3 Å². The Balaban J connectivity index is 1.04. The maximum absolute atomic E-state index is 14.6. The Kier molecular flexibility index (Phi) is 16.2. The van der Waals surface area contributed by atoms with E-state index in [0.717, 1.165) is 36.6 Å². The number of fused-ring (bicyclic) bond motifs is 7. The molecule has 4 aliphatic rings. The van der Waals surface area contributed by atoms with E-state index in [1.54, 1.807) is 45.2 Å². The number of ether oxygens (including phenoxy) is 8. The van der Waals surface area contributed by atoms with Crippen molar-refractivity contribution in [2.75, 3.05) is 72.8 Å². The standard InChI is InChI=1S/C57H59Cl2FN6O9S/c1-33-47-34(2)51(59)52(50(33)58)73-41(27-66-21-19-65(6)20-22-66)29-71-40-15-16-44(72-31-46-61-18-17-43(64-46)35-9-13-39(14-10-35)70-30-42-28-68-23-24-69-42)37(25-40)26-45(56(67)75-57(3,4)5)74-54-49-48(47)53(76-55(49)63-32-62-54)36-7-11-38(60)12-8-36/h7-18,25,32,41-42,45H,19-24,26-31H2,1-6H3/t41-,42-,45-/m1/s1. The van der Waals surface area contributed by atoms with Crippen LogP contribution in [0.1, 0.15) is 43.3 Å². The number of rotatable bonds is 11. The van der Waals surface area contributed by atoms with Gasteiger partial charge in [-0.25, -0.2) is 29.1 Å². The van der Waals surface area contributed by atoms with Gasteiger partial charge in [-0.05, 0) is 125 Å². The van der Waals surface area contributed by atoms with Crippen LogP contribution in [0.15, 0.2) is 85.3 Å². The smallest absolute Gasteiger partial charge is 0.348 e. The lowest BCUT2D eigenvalue weighted by Gasteiger charge is -2.35. The molecule has 3 aromatic heterocycles. The van der Waals surface area contributed by atoms with Crippen LogP contribution < -0.4 is 23.7 Å². The van der Waals surface area contributed by atoms with Gasteiger partial charge in [0.15, 0.2) is 11.6 Å². The van der Waals surface area contributed by atoms with Gasteiger partial charge < -0.3 is 42.8 Å². The number of likely N-dealkylation sites (N-methyl/N-ethyl adjacent to an activating group) is 1. The van der Waals surface area contributed by atoms with E-state index < -0.39 is 23.8 Å². The summed E-state index contributed by atoms with van der Waals surface area (Å²) in [6.07, 6.45) is 1.10. The van der Waals surface area contributed by atoms with E-state index in [9.17, 15) is 9.18 Å². The number of halogens is 3. The van der Waals surface area contributed by atoms with Gasteiger partial charge in [0, 0.05) is 66.9 Å². The second-order valence-corrected chi connectivity index (χ2v) is 21.8. The summed E-state index contributed by atoms with van der Waals surface area (Å²) in [4.78, 5) is 39.4. The number of piperazine rings is 1. The van der Waals surface area contributed by atoms with Crippen molar-refractivity contribution < 1.29 is 47.1 Å². The first-order valence-corrected chi connectivity index (χ1v) is 26.8. The lowest BCUT2D eigenvalue weighted by molar-refractivity contribution is -0.163. The topological polar surface area (TPSA) is 149 Å². The summed E-state index contributed by atoms with van der Waals surface area (Å²) < 4.78 is 64.8. The van der Waals surface area contributed by atoms with Gasteiger partial charge in [0.25, 0.3) is 0 Å². The van der Waals surface area contributed by atoms with E-state index >= 15 is 0 Å². The summed E-state index contributed by atoms with van der Waals surface area (Å²) in [6, 6.07) is 21.2. The minimum absolute atomic E-state index is 0.0149. The Hall–Kier alpha value is -6.18. The van der Waals surface area contributed by atoms with Crippen molar-refractivity contribution in [2.45, 2.75) is 71.6 Å². The Morgan fingerprint density at radius 1 is 0.842 bits per heavy atom. The lowest BCUT2D eigenvalue weighted by atomic mass is 9.92. The number of nitrogens with zero attached hydrogens (tertiary/aromatic N) is 6. The minimum atomic E-state index is -1.28. The molecule has 0 aliphatic carbocycles. The molecule has 398 valence electrons. The zero-order chi connectivity index (χ0) is 53.1. The number of carbonyl (C=O) groups is 1. The second kappa shape index (κ2) is 23.2. The molecule has 19 heteroatoms. The summed E-state index contributed by atoms with van der Waals surface area (Å²) >= 11 is 16.2. The summed E-state index contributed by atoms with van der Waals surface area (Å²) in [5, 5.41) is 1.12. The van der Waals surface area contributed by atoms with Gasteiger partial charge in [-0.1, -0.05) is 35.3 Å². The van der Waals surface area contributed by atoms with Gasteiger partial charge in [0.2, 0.25) is 12.0 Å². The molecule has 7 aromatic rings. The Morgan fingerprint density at radius 2 is 1.59 bits per heavy atom. The molecule has 2 saturated heterocycles. The zero-order valence-electron chi connectivity index (χ0n) is 43.2. The quantitative estimate of drug-likeness (QED) is 0.113. The van der Waals surface area contributed by atoms with Crippen molar-refractivity contribution in [3.63, 3.8) is 0 Å². The Morgan fingerprint density at radius 3 is 2.32 bits per heavy atom. The van der Waals surface area contributed by atoms with Crippen molar-refractivity contribution in [1.29, 1.82) is 0 Å². The maximum atomic E-state index is 14.6. The Labute approximate surface area is 455 Å². The molecule has 3 atom stereocenters. The first-order valence-electron chi connectivity index (χ1n) is 25.3. The molecule has 0 saturated carbocycles. The number of hydrogen-bond acceptors (Lipinski definition) is 16. The minimum Gasteiger partial charge on any atom is -0.491 e. The van der Waals surface area contributed by atoms with Crippen LogP contribution in [-0.2, 0) is 32.0 Å². The number of hydrogen-bond donors (Lipinski definition) is 0. The van der Waals surface area contributed by atoms with Crippen molar-refractivity contribution in [1.82, 2.24) is 29.7 Å². The summed E-state index contributed by atoms with van der Waals surface area (Å²) in [7, 11) is 2.11. The molecule has 15 nitrogen and oxygen atoms in total. The van der Waals surface area contributed by atoms with E-state index in [0.29, 0.717) is 121 Å². The van der Waals surface area contributed by atoms with Gasteiger partial charge in [-0.3, -0.25) is 4.90 Å². The predicted octanol–water partition coefficient (Wildman–Crippen LogP) is 10.6. The monoisotopic (exact) mass is 1090 g/mol. The van der Waals surface area contributed by atoms with E-state index in [2.05, 4.69) is 21.8 Å². The third kappa shape index (κ3) is 12.3. The third-order valence-electron chi connectivity index (χ3n) is 13.3. The first kappa shape index (κ1) is 53.2. The van der Waals surface area contributed by atoms with Crippen LogP contribution in [0, 0.1) is 19.7 Å². The highest BCUT2D eigenvalue weighted by Crippen LogP contribution is 2.53. The number of carbonyl (C=O) groups excluding carboxylic acids is 1. The third-order valence-corrected chi connectivity index (χ3v) is 15.3. The normalized spacial score (nSPS) is 18.6. The maximum Gasteiger partial charge on any atom is 0.348 e. The van der Waals surface area contributed by atoms with Gasteiger partial charge in [-0.15, -0.1) is 11.3 Å². The van der Waals surface area contributed by atoms with Crippen molar-refractivity contribution in [3.05, 3.63) is 124 Å². The van der Waals surface area contributed by atoms with E-state index in [4.69, 9.17) is 76.0 Å². The van der Waals surface area contributed by atoms with Crippen molar-refractivity contribution in [2.24, 2.45) is 0 Å². The fourth-order valence-electron chi connectivity index (χ4n) is 9.39. The van der Waals surface area contributed by atoms with Crippen LogP contribution >= 0.6 is 34.5 Å².